The van der Waals surface area contributed by atoms with Gasteiger partial charge in [-0.15, -0.1) is 0 Å². The molecule has 1 fully saturated rings. The van der Waals surface area contributed by atoms with Crippen LogP contribution in [0.15, 0.2) is 41.3 Å². The molecule has 2 aromatic heterocycles. The third kappa shape index (κ3) is 7.85. The summed E-state index contributed by atoms with van der Waals surface area (Å²) in [5, 5.41) is 3.49. The molecular formula is C37H52ClN3O4. The molecule has 3 unspecified atom stereocenters. The third-order valence-corrected chi connectivity index (χ3v) is 9.98. The van der Waals surface area contributed by atoms with Gasteiger partial charge in [0.25, 0.3) is 5.56 Å². The molecule has 1 saturated carbocycles. The minimum absolute atomic E-state index is 0.0790. The van der Waals surface area contributed by atoms with Crippen molar-refractivity contribution in [3.63, 3.8) is 0 Å². The minimum Gasteiger partial charge on any atom is -0.458 e. The average Bonchev–Trinajstić information content (AvgIpc) is 3.33. The molecule has 1 aliphatic rings. The van der Waals surface area contributed by atoms with Crippen LogP contribution in [0.25, 0.3) is 16.8 Å². The van der Waals surface area contributed by atoms with E-state index in [4.69, 9.17) is 16.3 Å². The molecule has 3 atom stereocenters. The van der Waals surface area contributed by atoms with Gasteiger partial charge in [0.1, 0.15) is 23.1 Å². The number of fused-ring (bicyclic) bond motifs is 1. The maximum atomic E-state index is 14.5. The van der Waals surface area contributed by atoms with E-state index < -0.39 is 5.97 Å². The molecule has 0 spiro atoms. The van der Waals surface area contributed by atoms with Gasteiger partial charge in [0.05, 0.1) is 0 Å². The highest BCUT2D eigenvalue weighted by molar-refractivity contribution is 6.30. The number of hydrogen-bond acceptors (Lipinski definition) is 4. The van der Waals surface area contributed by atoms with Crippen LogP contribution in [0.3, 0.4) is 0 Å². The quantitative estimate of drug-likeness (QED) is 0.229. The van der Waals surface area contributed by atoms with Gasteiger partial charge >= 0.3 is 5.97 Å². The fraction of sp³-hybridized carbons (Fsp3) is 0.595. The van der Waals surface area contributed by atoms with Gasteiger partial charge < -0.3 is 15.0 Å². The van der Waals surface area contributed by atoms with Gasteiger partial charge in [-0.05, 0) is 60.1 Å². The molecule has 0 radical (unpaired) electrons. The summed E-state index contributed by atoms with van der Waals surface area (Å²) in [7, 11) is 0. The number of amides is 1. The molecular weight excluding hydrogens is 586 g/mol. The maximum Gasteiger partial charge on any atom is 0.342 e. The second-order valence-electron chi connectivity index (χ2n) is 15.3. The molecule has 246 valence electrons. The monoisotopic (exact) mass is 637 g/mol. The van der Waals surface area contributed by atoms with Crippen LogP contribution in [0.2, 0.25) is 5.02 Å². The van der Waals surface area contributed by atoms with E-state index >= 15 is 0 Å². The smallest absolute Gasteiger partial charge is 0.342 e. The summed E-state index contributed by atoms with van der Waals surface area (Å²) in [6.07, 6.45) is 6.73. The Morgan fingerprint density at radius 3 is 2.18 bits per heavy atom. The zero-order valence-corrected chi connectivity index (χ0v) is 29.3. The molecule has 0 bridgehead atoms. The maximum absolute atomic E-state index is 14.5. The Bertz CT molecular complexity index is 1530. The van der Waals surface area contributed by atoms with Gasteiger partial charge in [-0.2, -0.15) is 0 Å². The van der Waals surface area contributed by atoms with E-state index in [-0.39, 0.29) is 63.2 Å². The Morgan fingerprint density at radius 1 is 1.04 bits per heavy atom. The SMILES string of the molecule is CCCCC(CC)C(=O)Nc1cc(=O)n2cc(-c3ccc(Cl)cc3)c(C(=O)OC3C(C(C)(C)C)CC(C)CC3C(C)(C)C)c2[nH]1. The van der Waals surface area contributed by atoms with Gasteiger partial charge in [-0.25, -0.2) is 4.79 Å². The number of H-pyrrole nitrogens is 1. The van der Waals surface area contributed by atoms with Gasteiger partial charge in [-0.1, -0.05) is 98.9 Å². The number of aromatic nitrogens is 2. The Balaban J connectivity index is 1.84. The molecule has 0 saturated heterocycles. The Labute approximate surface area is 273 Å². The number of benzene rings is 1. The van der Waals surface area contributed by atoms with Crippen molar-refractivity contribution < 1.29 is 14.3 Å². The first-order chi connectivity index (χ1) is 21.0. The summed E-state index contributed by atoms with van der Waals surface area (Å²) < 4.78 is 8.06. The summed E-state index contributed by atoms with van der Waals surface area (Å²) in [5.74, 6) is 0.295. The predicted molar refractivity (Wildman–Crippen MR) is 184 cm³/mol. The van der Waals surface area contributed by atoms with E-state index in [0.717, 1.165) is 37.7 Å². The number of rotatable bonds is 9. The van der Waals surface area contributed by atoms with Crippen molar-refractivity contribution in [2.24, 2.45) is 34.5 Å². The van der Waals surface area contributed by atoms with Crippen LogP contribution in [0.5, 0.6) is 0 Å². The number of anilines is 1. The number of esters is 1. The second kappa shape index (κ2) is 13.7. The molecule has 45 heavy (non-hydrogen) atoms. The van der Waals surface area contributed by atoms with Crippen LogP contribution >= 0.6 is 11.6 Å². The highest BCUT2D eigenvalue weighted by Crippen LogP contribution is 2.50. The molecule has 2 N–H and O–H groups in total. The second-order valence-corrected chi connectivity index (χ2v) is 15.7. The van der Waals surface area contributed by atoms with Gasteiger partial charge in [-0.3, -0.25) is 14.0 Å². The van der Waals surface area contributed by atoms with Crippen molar-refractivity contribution in [2.75, 3.05) is 5.32 Å². The average molecular weight is 638 g/mol. The highest BCUT2D eigenvalue weighted by atomic mass is 35.5. The van der Waals surface area contributed by atoms with Crippen molar-refractivity contribution in [1.29, 1.82) is 0 Å². The van der Waals surface area contributed by atoms with Crippen molar-refractivity contribution >= 4 is 34.9 Å². The van der Waals surface area contributed by atoms with Crippen LogP contribution in [0.1, 0.15) is 111 Å². The summed E-state index contributed by atoms with van der Waals surface area (Å²) in [4.78, 5) is 44.4. The minimum atomic E-state index is -0.487. The van der Waals surface area contributed by atoms with E-state index in [9.17, 15) is 14.4 Å². The number of carbonyl (C=O) groups is 2. The van der Waals surface area contributed by atoms with Crippen LogP contribution in [0.4, 0.5) is 5.82 Å². The first kappa shape index (κ1) is 34.8. The number of hydrogen-bond donors (Lipinski definition) is 2. The van der Waals surface area contributed by atoms with Crippen LogP contribution in [-0.2, 0) is 9.53 Å². The Morgan fingerprint density at radius 2 is 1.64 bits per heavy atom. The number of aromatic amines is 1. The highest BCUT2D eigenvalue weighted by Gasteiger charge is 2.48. The van der Waals surface area contributed by atoms with E-state index in [1.165, 1.54) is 10.5 Å². The normalized spacial score (nSPS) is 21.5. The van der Waals surface area contributed by atoms with E-state index in [1.807, 2.05) is 19.1 Å². The fourth-order valence-corrected chi connectivity index (χ4v) is 7.16. The van der Waals surface area contributed by atoms with Gasteiger partial charge in [0.15, 0.2) is 0 Å². The number of nitrogens with one attached hydrogen (secondary N) is 2. The third-order valence-electron chi connectivity index (χ3n) is 9.72. The first-order valence-electron chi connectivity index (χ1n) is 16.6. The zero-order valence-electron chi connectivity index (χ0n) is 28.6. The standard InChI is InChI=1S/C37H52ClN3O4/c1-10-12-13-23(11-2)34(43)40-29-20-30(42)41-21-26(24-14-16-25(38)17-15-24)31(33(41)39-29)35(44)45-32-27(36(4,5)6)18-22(3)19-28(32)37(7,8)9/h14-17,20-23,27-28,32,39H,10-13,18-19H2,1-9H3,(H,40,43). The lowest BCUT2D eigenvalue weighted by molar-refractivity contribution is -0.120. The molecule has 4 rings (SSSR count). The molecule has 1 aliphatic carbocycles. The number of halogens is 1. The number of nitrogens with zero attached hydrogens (tertiary/aromatic N) is 1. The zero-order chi connectivity index (χ0) is 33.3. The van der Waals surface area contributed by atoms with Crippen LogP contribution in [-0.4, -0.2) is 27.4 Å². The number of ether oxygens (including phenoxy) is 1. The molecule has 1 aromatic carbocycles. The molecule has 8 heteroatoms. The molecule has 1 amide bonds. The van der Waals surface area contributed by atoms with Crippen LogP contribution in [0, 0.1) is 34.5 Å². The van der Waals surface area contributed by atoms with E-state index in [1.54, 1.807) is 18.3 Å². The topological polar surface area (TPSA) is 92.7 Å². The van der Waals surface area contributed by atoms with Crippen molar-refractivity contribution in [3.05, 3.63) is 57.5 Å². The lowest BCUT2D eigenvalue weighted by atomic mass is 9.59. The van der Waals surface area contributed by atoms with Gasteiger partial charge in [0.2, 0.25) is 5.91 Å². The molecule has 7 nitrogen and oxygen atoms in total. The largest absolute Gasteiger partial charge is 0.458 e. The fourth-order valence-electron chi connectivity index (χ4n) is 7.04. The summed E-state index contributed by atoms with van der Waals surface area (Å²) >= 11 is 6.21. The lowest BCUT2D eigenvalue weighted by Gasteiger charge is -2.50. The molecule has 2 heterocycles. The van der Waals surface area contributed by atoms with Crippen LogP contribution < -0.4 is 10.9 Å². The van der Waals surface area contributed by atoms with Crippen molar-refractivity contribution in [2.45, 2.75) is 107 Å². The predicted octanol–water partition coefficient (Wildman–Crippen LogP) is 9.38. The molecule has 0 aliphatic heterocycles. The Hall–Kier alpha value is -3.06. The Kier molecular flexibility index (Phi) is 10.6. The summed E-state index contributed by atoms with van der Waals surface area (Å²) in [6, 6.07) is 8.55. The van der Waals surface area contributed by atoms with E-state index in [0.29, 0.717) is 22.9 Å². The summed E-state index contributed by atoms with van der Waals surface area (Å²) in [5.41, 5.74) is 1.33. The number of carbonyl (C=O) groups excluding carboxylic acids is 2. The lowest BCUT2D eigenvalue weighted by Crippen LogP contribution is -2.49. The van der Waals surface area contributed by atoms with E-state index in [2.05, 4.69) is 65.7 Å². The van der Waals surface area contributed by atoms with Crippen molar-refractivity contribution in [1.82, 2.24) is 9.38 Å². The summed E-state index contributed by atoms with van der Waals surface area (Å²) in [6.45, 7) is 19.7. The first-order valence-corrected chi connectivity index (χ1v) is 17.0. The van der Waals surface area contributed by atoms with Gasteiger partial charge in [0, 0.05) is 40.6 Å². The molecule has 3 aromatic rings. The van der Waals surface area contributed by atoms with Crippen molar-refractivity contribution in [3.8, 4) is 11.1 Å². The number of unbranched alkanes of at least 4 members (excludes halogenated alkanes) is 1.